The number of aryl methyl sites for hydroxylation is 1. The molecule has 2 heterocycles. The lowest BCUT2D eigenvalue weighted by molar-refractivity contribution is 0.560. The van der Waals surface area contributed by atoms with Crippen LogP contribution >= 0.6 is 11.3 Å². The Morgan fingerprint density at radius 3 is 2.85 bits per heavy atom. The van der Waals surface area contributed by atoms with Crippen molar-refractivity contribution in [1.29, 1.82) is 0 Å². The van der Waals surface area contributed by atoms with Crippen molar-refractivity contribution in [3.8, 4) is 0 Å². The largest absolute Gasteiger partial charge is 0.316 e. The van der Waals surface area contributed by atoms with E-state index in [1.807, 2.05) is 12.3 Å². The molecule has 110 valence electrons. The maximum absolute atomic E-state index is 12.3. The molecule has 0 bridgehead atoms. The zero-order valence-corrected chi connectivity index (χ0v) is 13.1. The summed E-state index contributed by atoms with van der Waals surface area (Å²) in [4.78, 5) is 4.29. The van der Waals surface area contributed by atoms with E-state index in [0.717, 1.165) is 10.7 Å². The molecule has 0 spiro atoms. The molecular formula is C11H17N5O2S2. The number of aromatic nitrogens is 3. The Hall–Kier alpha value is -1.29. The first kappa shape index (κ1) is 15.1. The van der Waals surface area contributed by atoms with Crippen LogP contribution in [0.5, 0.6) is 0 Å². The number of nitrogens with zero attached hydrogens (tertiary/aromatic N) is 2. The fourth-order valence-electron chi connectivity index (χ4n) is 1.76. The Morgan fingerprint density at radius 1 is 1.50 bits per heavy atom. The Labute approximate surface area is 121 Å². The highest BCUT2D eigenvalue weighted by molar-refractivity contribution is 7.89. The molecule has 1 unspecified atom stereocenters. The number of rotatable bonds is 6. The molecule has 7 nitrogen and oxygen atoms in total. The summed E-state index contributed by atoms with van der Waals surface area (Å²) in [7, 11) is -1.90. The van der Waals surface area contributed by atoms with Gasteiger partial charge < -0.3 is 5.32 Å². The third-order valence-corrected chi connectivity index (χ3v) is 5.35. The van der Waals surface area contributed by atoms with E-state index in [4.69, 9.17) is 0 Å². The molecule has 0 aliphatic rings. The maximum atomic E-state index is 12.3. The van der Waals surface area contributed by atoms with Gasteiger partial charge in [-0.15, -0.1) is 11.3 Å². The van der Waals surface area contributed by atoms with Crippen LogP contribution in [0, 0.1) is 6.92 Å². The molecule has 0 saturated heterocycles. The molecule has 2 aromatic rings. The van der Waals surface area contributed by atoms with Crippen LogP contribution in [0.1, 0.15) is 29.2 Å². The lowest BCUT2D eigenvalue weighted by atomic mass is 10.4. The Balaban J connectivity index is 2.20. The smallest absolute Gasteiger partial charge is 0.258 e. The predicted octanol–water partition coefficient (Wildman–Crippen LogP) is 0.934. The van der Waals surface area contributed by atoms with Crippen LogP contribution in [0.4, 0.5) is 0 Å². The van der Waals surface area contributed by atoms with E-state index in [-0.39, 0.29) is 11.1 Å². The van der Waals surface area contributed by atoms with Crippen molar-refractivity contribution < 1.29 is 8.42 Å². The summed E-state index contributed by atoms with van der Waals surface area (Å²) >= 11 is 1.43. The van der Waals surface area contributed by atoms with Gasteiger partial charge in [-0.25, -0.2) is 18.1 Å². The molecule has 0 fully saturated rings. The molecule has 2 aromatic heterocycles. The second kappa shape index (κ2) is 6.00. The number of nitrogens with one attached hydrogen (secondary N) is 3. The Bertz CT molecular complexity index is 677. The lowest BCUT2D eigenvalue weighted by Crippen LogP contribution is -2.28. The third-order valence-electron chi connectivity index (χ3n) is 2.65. The number of thiazole rings is 1. The van der Waals surface area contributed by atoms with Gasteiger partial charge in [0.15, 0.2) is 5.03 Å². The summed E-state index contributed by atoms with van der Waals surface area (Å²) in [6.45, 7) is 4.07. The van der Waals surface area contributed by atoms with E-state index in [9.17, 15) is 8.42 Å². The second-order valence-corrected chi connectivity index (χ2v) is 6.97. The van der Waals surface area contributed by atoms with Crippen molar-refractivity contribution in [1.82, 2.24) is 25.2 Å². The van der Waals surface area contributed by atoms with Crippen LogP contribution in [0.3, 0.4) is 0 Å². The van der Waals surface area contributed by atoms with Crippen LogP contribution < -0.4 is 10.0 Å². The predicted molar refractivity (Wildman–Crippen MR) is 76.9 cm³/mol. The molecule has 0 aliphatic carbocycles. The van der Waals surface area contributed by atoms with Crippen molar-refractivity contribution in [2.45, 2.75) is 31.5 Å². The summed E-state index contributed by atoms with van der Waals surface area (Å²) in [5.41, 5.74) is 1.48. The molecule has 0 amide bonds. The van der Waals surface area contributed by atoms with Gasteiger partial charge in [0, 0.05) is 23.2 Å². The minimum atomic E-state index is -3.65. The molecule has 0 aromatic carbocycles. The van der Waals surface area contributed by atoms with Gasteiger partial charge in [0.25, 0.3) is 10.0 Å². The fourth-order valence-corrected chi connectivity index (χ4v) is 3.98. The van der Waals surface area contributed by atoms with Crippen LogP contribution in [0.15, 0.2) is 16.6 Å². The van der Waals surface area contributed by atoms with E-state index in [0.29, 0.717) is 12.1 Å². The molecule has 1 atom stereocenters. The van der Waals surface area contributed by atoms with Gasteiger partial charge in [-0.3, -0.25) is 5.10 Å². The molecule has 0 saturated carbocycles. The highest BCUT2D eigenvalue weighted by Gasteiger charge is 2.24. The molecule has 20 heavy (non-hydrogen) atoms. The zero-order valence-electron chi connectivity index (χ0n) is 11.5. The molecule has 0 aliphatic heterocycles. The van der Waals surface area contributed by atoms with E-state index < -0.39 is 10.0 Å². The highest BCUT2D eigenvalue weighted by Crippen LogP contribution is 2.20. The normalized spacial score (nSPS) is 13.6. The summed E-state index contributed by atoms with van der Waals surface area (Å²) < 4.78 is 27.3. The number of hydrogen-bond acceptors (Lipinski definition) is 6. The van der Waals surface area contributed by atoms with Crippen LogP contribution in [-0.4, -0.2) is 30.6 Å². The standard InChI is InChI=1S/C11H17N5O2S2/c1-7-6-19-10(14-7)8(2)16-20(17,18)11-9(4-12-3)5-13-15-11/h5-6,8,12,16H,4H2,1-3H3,(H,13,15). The monoisotopic (exact) mass is 315 g/mol. The second-order valence-electron chi connectivity index (χ2n) is 4.42. The van der Waals surface area contributed by atoms with E-state index in [2.05, 4.69) is 25.2 Å². The van der Waals surface area contributed by atoms with E-state index in [1.165, 1.54) is 17.5 Å². The molecule has 2 rings (SSSR count). The SMILES string of the molecule is CNCc1cn[nH]c1S(=O)(=O)NC(C)c1nc(C)cs1. The van der Waals surface area contributed by atoms with Crippen LogP contribution in [0.25, 0.3) is 0 Å². The first-order valence-electron chi connectivity index (χ1n) is 6.05. The van der Waals surface area contributed by atoms with Gasteiger partial charge in [-0.05, 0) is 20.9 Å². The number of sulfonamides is 1. The number of H-pyrrole nitrogens is 1. The fraction of sp³-hybridized carbons (Fsp3) is 0.455. The van der Waals surface area contributed by atoms with Crippen molar-refractivity contribution in [3.63, 3.8) is 0 Å². The number of aromatic amines is 1. The molecule has 9 heteroatoms. The Kier molecular flexibility index (Phi) is 4.53. The number of hydrogen-bond donors (Lipinski definition) is 3. The van der Waals surface area contributed by atoms with Gasteiger partial charge in [0.1, 0.15) is 5.01 Å². The average molecular weight is 315 g/mol. The highest BCUT2D eigenvalue weighted by atomic mass is 32.2. The maximum Gasteiger partial charge on any atom is 0.258 e. The minimum absolute atomic E-state index is 0.0898. The topological polar surface area (TPSA) is 99.8 Å². The zero-order chi connectivity index (χ0) is 14.8. The van der Waals surface area contributed by atoms with Crippen molar-refractivity contribution in [3.05, 3.63) is 27.8 Å². The van der Waals surface area contributed by atoms with Gasteiger partial charge in [0.2, 0.25) is 0 Å². The van der Waals surface area contributed by atoms with E-state index in [1.54, 1.807) is 14.0 Å². The van der Waals surface area contributed by atoms with Crippen LogP contribution in [0.2, 0.25) is 0 Å². The lowest BCUT2D eigenvalue weighted by Gasteiger charge is -2.11. The van der Waals surface area contributed by atoms with Crippen molar-refractivity contribution in [2.75, 3.05) is 7.05 Å². The molecule has 3 N–H and O–H groups in total. The minimum Gasteiger partial charge on any atom is -0.316 e. The van der Waals surface area contributed by atoms with Gasteiger partial charge in [-0.2, -0.15) is 5.10 Å². The summed E-state index contributed by atoms with van der Waals surface area (Å²) in [6, 6.07) is -0.385. The first-order valence-corrected chi connectivity index (χ1v) is 8.41. The van der Waals surface area contributed by atoms with Gasteiger partial charge >= 0.3 is 0 Å². The first-order chi connectivity index (χ1) is 9.44. The van der Waals surface area contributed by atoms with Crippen molar-refractivity contribution >= 4 is 21.4 Å². The molecular weight excluding hydrogens is 298 g/mol. The summed E-state index contributed by atoms with van der Waals surface area (Å²) in [5, 5.41) is 12.0. The quantitative estimate of drug-likeness (QED) is 0.736. The third kappa shape index (κ3) is 3.23. The van der Waals surface area contributed by atoms with E-state index >= 15 is 0 Å². The average Bonchev–Trinajstić information content (AvgIpc) is 2.98. The van der Waals surface area contributed by atoms with Crippen LogP contribution in [-0.2, 0) is 16.6 Å². The molecule has 0 radical (unpaired) electrons. The summed E-state index contributed by atoms with van der Waals surface area (Å²) in [5.74, 6) is 0. The Morgan fingerprint density at radius 2 is 2.25 bits per heavy atom. The summed E-state index contributed by atoms with van der Waals surface area (Å²) in [6.07, 6.45) is 1.50. The van der Waals surface area contributed by atoms with Gasteiger partial charge in [0.05, 0.1) is 12.2 Å². The van der Waals surface area contributed by atoms with Gasteiger partial charge in [-0.1, -0.05) is 0 Å². The van der Waals surface area contributed by atoms with Crippen molar-refractivity contribution in [2.24, 2.45) is 0 Å².